The van der Waals surface area contributed by atoms with Crippen LogP contribution in [0, 0.1) is 5.82 Å². The van der Waals surface area contributed by atoms with E-state index in [2.05, 4.69) is 15.2 Å². The lowest BCUT2D eigenvalue weighted by Gasteiger charge is -2.22. The van der Waals surface area contributed by atoms with Crippen molar-refractivity contribution in [3.05, 3.63) is 71.6 Å². The van der Waals surface area contributed by atoms with Crippen LogP contribution in [0.1, 0.15) is 36.1 Å². The summed E-state index contributed by atoms with van der Waals surface area (Å²) in [5, 5.41) is 7.29. The number of H-pyrrole nitrogens is 1. The van der Waals surface area contributed by atoms with Crippen molar-refractivity contribution < 1.29 is 13.9 Å². The lowest BCUT2D eigenvalue weighted by molar-refractivity contribution is -0.134. The number of carbonyl (C=O) groups is 1. The second-order valence-corrected chi connectivity index (χ2v) is 7.87. The average molecular weight is 423 g/mol. The molecule has 0 unspecified atom stereocenters. The highest BCUT2D eigenvalue weighted by atomic mass is 19.1. The molecule has 31 heavy (non-hydrogen) atoms. The minimum atomic E-state index is -0.266. The Morgan fingerprint density at radius 3 is 2.84 bits per heavy atom. The number of nitrogens with one attached hydrogen (secondary N) is 1. The van der Waals surface area contributed by atoms with Crippen molar-refractivity contribution in [1.82, 2.24) is 20.1 Å². The fraction of sp³-hybridized carbons (Fsp3) is 0.348. The Labute approximate surface area is 180 Å². The number of likely N-dealkylation sites (tertiary alicyclic amines) is 1. The van der Waals surface area contributed by atoms with Gasteiger partial charge in [-0.05, 0) is 42.7 Å². The summed E-state index contributed by atoms with van der Waals surface area (Å²) in [4.78, 5) is 21.2. The van der Waals surface area contributed by atoms with E-state index >= 15 is 0 Å². The Hall–Kier alpha value is -3.42. The van der Waals surface area contributed by atoms with Crippen molar-refractivity contribution >= 4 is 11.6 Å². The number of carbonyl (C=O) groups excluding carboxylic acids is 1. The summed E-state index contributed by atoms with van der Waals surface area (Å²) in [6.45, 7) is 0.632. The van der Waals surface area contributed by atoms with Crippen molar-refractivity contribution in [3.8, 4) is 5.75 Å². The third-order valence-electron chi connectivity index (χ3n) is 5.40. The number of benzene rings is 2. The molecule has 0 spiro atoms. The van der Waals surface area contributed by atoms with Gasteiger partial charge in [-0.15, -0.1) is 0 Å². The van der Waals surface area contributed by atoms with Gasteiger partial charge in [-0.2, -0.15) is 5.10 Å². The Balaban J connectivity index is 1.38. The highest BCUT2D eigenvalue weighted by molar-refractivity contribution is 5.78. The number of aromatic amines is 1. The third kappa shape index (κ3) is 5.02. The first-order valence-electron chi connectivity index (χ1n) is 10.3. The number of anilines is 1. The second kappa shape index (κ2) is 9.16. The van der Waals surface area contributed by atoms with Crippen LogP contribution in [0.25, 0.3) is 0 Å². The standard InChI is InChI=1S/C23H26FN5O2/c1-28(2)18-5-3-6-19(14-18)31-15-22(30)29-12-4-7-20(29)23-25-21(26-27-23)13-16-8-10-17(24)11-9-16/h3,5-6,8-11,14,20H,4,7,12-13,15H2,1-2H3,(H,25,26,27)/t20-/m0/s1. The normalized spacial score (nSPS) is 15.8. The number of nitrogens with zero attached hydrogens (tertiary/aromatic N) is 4. The Morgan fingerprint density at radius 2 is 2.06 bits per heavy atom. The quantitative estimate of drug-likeness (QED) is 0.631. The Morgan fingerprint density at radius 1 is 1.26 bits per heavy atom. The van der Waals surface area contributed by atoms with E-state index in [1.54, 1.807) is 17.0 Å². The first-order chi connectivity index (χ1) is 15.0. The van der Waals surface area contributed by atoms with Crippen LogP contribution in [-0.4, -0.2) is 53.2 Å². The molecule has 2 heterocycles. The third-order valence-corrected chi connectivity index (χ3v) is 5.40. The molecule has 0 radical (unpaired) electrons. The van der Waals surface area contributed by atoms with Crippen molar-refractivity contribution in [3.63, 3.8) is 0 Å². The molecule has 1 N–H and O–H groups in total. The van der Waals surface area contributed by atoms with Gasteiger partial charge >= 0.3 is 0 Å². The molecule has 1 amide bonds. The van der Waals surface area contributed by atoms with Gasteiger partial charge in [-0.3, -0.25) is 9.89 Å². The molecule has 1 atom stereocenters. The maximum atomic E-state index is 13.1. The Bertz CT molecular complexity index is 1030. The summed E-state index contributed by atoms with van der Waals surface area (Å²) in [5.41, 5.74) is 1.95. The summed E-state index contributed by atoms with van der Waals surface area (Å²) >= 11 is 0. The Kier molecular flexibility index (Phi) is 6.16. The zero-order valence-corrected chi connectivity index (χ0v) is 17.7. The van der Waals surface area contributed by atoms with Gasteiger partial charge in [0.25, 0.3) is 5.91 Å². The molecule has 0 aliphatic carbocycles. The van der Waals surface area contributed by atoms with Crippen LogP contribution in [0.5, 0.6) is 5.75 Å². The number of rotatable bonds is 7. The minimum Gasteiger partial charge on any atom is -0.484 e. The summed E-state index contributed by atoms with van der Waals surface area (Å²) in [6.07, 6.45) is 2.24. The molecule has 1 fully saturated rings. The summed E-state index contributed by atoms with van der Waals surface area (Å²) in [7, 11) is 3.92. The predicted molar refractivity (Wildman–Crippen MR) is 116 cm³/mol. The first kappa shape index (κ1) is 20.8. The number of hydrogen-bond donors (Lipinski definition) is 1. The van der Waals surface area contributed by atoms with Crippen LogP contribution >= 0.6 is 0 Å². The van der Waals surface area contributed by atoms with E-state index in [4.69, 9.17) is 4.74 Å². The zero-order chi connectivity index (χ0) is 21.8. The van der Waals surface area contributed by atoms with E-state index in [1.807, 2.05) is 43.3 Å². The van der Waals surface area contributed by atoms with Crippen molar-refractivity contribution in [1.29, 1.82) is 0 Å². The SMILES string of the molecule is CN(C)c1cccc(OCC(=O)N2CCC[C@H]2c2n[nH]c(Cc3ccc(F)cc3)n2)c1. The maximum Gasteiger partial charge on any atom is 0.261 e. The number of hydrogen-bond acceptors (Lipinski definition) is 5. The fourth-order valence-corrected chi connectivity index (χ4v) is 3.75. The number of halogens is 1. The van der Waals surface area contributed by atoms with Crippen LogP contribution in [-0.2, 0) is 11.2 Å². The van der Waals surface area contributed by atoms with E-state index in [-0.39, 0.29) is 24.4 Å². The number of amides is 1. The van der Waals surface area contributed by atoms with Crippen LogP contribution in [0.2, 0.25) is 0 Å². The van der Waals surface area contributed by atoms with Gasteiger partial charge in [0.1, 0.15) is 17.4 Å². The van der Waals surface area contributed by atoms with Crippen molar-refractivity contribution in [2.75, 3.05) is 32.1 Å². The second-order valence-electron chi connectivity index (χ2n) is 7.87. The van der Waals surface area contributed by atoms with Gasteiger partial charge in [0, 0.05) is 38.8 Å². The number of aromatic nitrogens is 3. The highest BCUT2D eigenvalue weighted by Gasteiger charge is 2.33. The van der Waals surface area contributed by atoms with Crippen molar-refractivity contribution in [2.24, 2.45) is 0 Å². The highest BCUT2D eigenvalue weighted by Crippen LogP contribution is 2.30. The molecule has 7 nitrogen and oxygen atoms in total. The van der Waals surface area contributed by atoms with E-state index in [1.165, 1.54) is 12.1 Å². The van der Waals surface area contributed by atoms with Crippen LogP contribution in [0.15, 0.2) is 48.5 Å². The molecule has 1 aliphatic heterocycles. The van der Waals surface area contributed by atoms with E-state index < -0.39 is 0 Å². The summed E-state index contributed by atoms with van der Waals surface area (Å²) in [6, 6.07) is 13.8. The lowest BCUT2D eigenvalue weighted by Crippen LogP contribution is -2.35. The van der Waals surface area contributed by atoms with Crippen molar-refractivity contribution in [2.45, 2.75) is 25.3 Å². The van der Waals surface area contributed by atoms with Gasteiger partial charge in [0.05, 0.1) is 6.04 Å². The van der Waals surface area contributed by atoms with E-state index in [0.29, 0.717) is 30.4 Å². The lowest BCUT2D eigenvalue weighted by atomic mass is 10.1. The molecule has 1 aromatic heterocycles. The fourth-order valence-electron chi connectivity index (χ4n) is 3.75. The molecular formula is C23H26FN5O2. The van der Waals surface area contributed by atoms with Crippen LogP contribution < -0.4 is 9.64 Å². The topological polar surface area (TPSA) is 74.3 Å². The summed E-state index contributed by atoms with van der Waals surface area (Å²) in [5.74, 6) is 1.62. The summed E-state index contributed by atoms with van der Waals surface area (Å²) < 4.78 is 18.8. The smallest absolute Gasteiger partial charge is 0.261 e. The molecule has 3 aromatic rings. The molecule has 4 rings (SSSR count). The molecule has 1 aliphatic rings. The first-order valence-corrected chi connectivity index (χ1v) is 10.3. The number of ether oxygens (including phenoxy) is 1. The zero-order valence-electron chi connectivity index (χ0n) is 17.7. The largest absolute Gasteiger partial charge is 0.484 e. The molecular weight excluding hydrogens is 397 g/mol. The predicted octanol–water partition coefficient (Wildman–Crippen LogP) is 3.34. The average Bonchev–Trinajstić information content (AvgIpc) is 3.43. The maximum absolute atomic E-state index is 13.1. The van der Waals surface area contributed by atoms with Gasteiger partial charge in [-0.25, -0.2) is 9.37 Å². The van der Waals surface area contributed by atoms with Gasteiger partial charge in [-0.1, -0.05) is 18.2 Å². The van der Waals surface area contributed by atoms with E-state index in [9.17, 15) is 9.18 Å². The van der Waals surface area contributed by atoms with Gasteiger partial charge in [0.2, 0.25) is 0 Å². The molecule has 1 saturated heterocycles. The van der Waals surface area contributed by atoms with Crippen LogP contribution in [0.4, 0.5) is 10.1 Å². The molecule has 8 heteroatoms. The van der Waals surface area contributed by atoms with E-state index in [0.717, 1.165) is 24.1 Å². The monoisotopic (exact) mass is 423 g/mol. The van der Waals surface area contributed by atoms with Gasteiger partial charge in [0.15, 0.2) is 12.4 Å². The minimum absolute atomic E-state index is 0.0275. The van der Waals surface area contributed by atoms with Gasteiger partial charge < -0.3 is 14.5 Å². The molecule has 2 aromatic carbocycles. The molecule has 0 bridgehead atoms. The van der Waals surface area contributed by atoms with Crippen LogP contribution in [0.3, 0.4) is 0 Å². The molecule has 162 valence electrons. The molecule has 0 saturated carbocycles.